The minimum atomic E-state index is -0.177. The van der Waals surface area contributed by atoms with Crippen molar-refractivity contribution in [3.05, 3.63) is 35.6 Å². The summed E-state index contributed by atoms with van der Waals surface area (Å²) in [5.41, 5.74) is 6.97. The van der Waals surface area contributed by atoms with E-state index in [4.69, 9.17) is 5.73 Å². The van der Waals surface area contributed by atoms with Crippen LogP contribution in [0.3, 0.4) is 0 Å². The van der Waals surface area contributed by atoms with Crippen molar-refractivity contribution in [2.45, 2.75) is 39.2 Å². The van der Waals surface area contributed by atoms with Gasteiger partial charge < -0.3 is 5.73 Å². The molecule has 0 spiro atoms. The number of rotatable bonds is 5. The van der Waals surface area contributed by atoms with Crippen LogP contribution in [0, 0.1) is 11.7 Å². The summed E-state index contributed by atoms with van der Waals surface area (Å²) in [6.45, 7) is 4.38. The lowest BCUT2D eigenvalue weighted by Gasteiger charge is -2.13. The fourth-order valence-corrected chi connectivity index (χ4v) is 1.62. The molecule has 84 valence electrons. The standard InChI is InChI=1S/C13H20FN/c1-10(2)6-7-13(15)9-11-4-3-5-12(14)8-11/h3-5,8,10,13H,6-7,9,15H2,1-2H3. The maximum Gasteiger partial charge on any atom is 0.123 e. The Kier molecular flexibility index (Phi) is 4.76. The van der Waals surface area contributed by atoms with Gasteiger partial charge in [-0.15, -0.1) is 0 Å². The van der Waals surface area contributed by atoms with Crippen LogP contribution in [0.4, 0.5) is 4.39 Å². The van der Waals surface area contributed by atoms with E-state index < -0.39 is 0 Å². The van der Waals surface area contributed by atoms with E-state index in [1.807, 2.05) is 6.07 Å². The molecule has 0 saturated heterocycles. The molecule has 1 aromatic carbocycles. The van der Waals surface area contributed by atoms with Gasteiger partial charge in [-0.2, -0.15) is 0 Å². The van der Waals surface area contributed by atoms with Gasteiger partial charge in [0.15, 0.2) is 0 Å². The maximum absolute atomic E-state index is 12.9. The number of hydrogen-bond acceptors (Lipinski definition) is 1. The van der Waals surface area contributed by atoms with Crippen molar-refractivity contribution in [3.63, 3.8) is 0 Å². The van der Waals surface area contributed by atoms with Gasteiger partial charge in [0.05, 0.1) is 0 Å². The van der Waals surface area contributed by atoms with Gasteiger partial charge in [0.1, 0.15) is 5.82 Å². The summed E-state index contributed by atoms with van der Waals surface area (Å²) >= 11 is 0. The van der Waals surface area contributed by atoms with Crippen LogP contribution in [0.25, 0.3) is 0 Å². The van der Waals surface area contributed by atoms with E-state index >= 15 is 0 Å². The predicted molar refractivity (Wildman–Crippen MR) is 62.2 cm³/mol. The Labute approximate surface area is 91.5 Å². The van der Waals surface area contributed by atoms with Crippen LogP contribution in [0.5, 0.6) is 0 Å². The maximum atomic E-state index is 12.9. The summed E-state index contributed by atoms with van der Waals surface area (Å²) in [4.78, 5) is 0. The molecule has 0 amide bonds. The first kappa shape index (κ1) is 12.2. The molecule has 0 aromatic heterocycles. The summed E-state index contributed by atoms with van der Waals surface area (Å²) in [6, 6.07) is 6.84. The van der Waals surface area contributed by atoms with E-state index in [0.29, 0.717) is 5.92 Å². The van der Waals surface area contributed by atoms with Gasteiger partial charge >= 0.3 is 0 Å². The molecule has 0 fully saturated rings. The highest BCUT2D eigenvalue weighted by atomic mass is 19.1. The summed E-state index contributed by atoms with van der Waals surface area (Å²) in [7, 11) is 0. The van der Waals surface area contributed by atoms with Gasteiger partial charge in [-0.05, 0) is 42.9 Å². The van der Waals surface area contributed by atoms with Gasteiger partial charge in [0.2, 0.25) is 0 Å². The Morgan fingerprint density at radius 1 is 1.27 bits per heavy atom. The number of benzene rings is 1. The zero-order valence-electron chi connectivity index (χ0n) is 9.54. The first-order chi connectivity index (χ1) is 7.08. The minimum absolute atomic E-state index is 0.147. The van der Waals surface area contributed by atoms with Crippen LogP contribution in [0.1, 0.15) is 32.3 Å². The first-order valence-corrected chi connectivity index (χ1v) is 5.58. The first-order valence-electron chi connectivity index (χ1n) is 5.58. The van der Waals surface area contributed by atoms with Gasteiger partial charge in [-0.25, -0.2) is 4.39 Å². The monoisotopic (exact) mass is 209 g/mol. The second-order valence-electron chi connectivity index (χ2n) is 4.57. The zero-order chi connectivity index (χ0) is 11.3. The molecule has 2 heteroatoms. The molecule has 0 saturated carbocycles. The Morgan fingerprint density at radius 3 is 2.60 bits per heavy atom. The predicted octanol–water partition coefficient (Wildman–Crippen LogP) is 3.13. The highest BCUT2D eigenvalue weighted by molar-refractivity contribution is 5.17. The molecule has 15 heavy (non-hydrogen) atoms. The van der Waals surface area contributed by atoms with Crippen molar-refractivity contribution in [2.24, 2.45) is 11.7 Å². The van der Waals surface area contributed by atoms with Gasteiger partial charge in [0.25, 0.3) is 0 Å². The van der Waals surface area contributed by atoms with Crippen LogP contribution < -0.4 is 5.73 Å². The van der Waals surface area contributed by atoms with E-state index in [1.165, 1.54) is 6.07 Å². The fraction of sp³-hybridized carbons (Fsp3) is 0.538. The minimum Gasteiger partial charge on any atom is -0.327 e. The smallest absolute Gasteiger partial charge is 0.123 e. The second-order valence-corrected chi connectivity index (χ2v) is 4.57. The van der Waals surface area contributed by atoms with E-state index in [-0.39, 0.29) is 11.9 Å². The number of nitrogens with two attached hydrogens (primary N) is 1. The van der Waals surface area contributed by atoms with Gasteiger partial charge in [-0.3, -0.25) is 0 Å². The molecule has 0 bridgehead atoms. The number of halogens is 1. The molecular weight excluding hydrogens is 189 g/mol. The van der Waals surface area contributed by atoms with Crippen molar-refractivity contribution in [2.75, 3.05) is 0 Å². The van der Waals surface area contributed by atoms with Crippen LogP contribution >= 0.6 is 0 Å². The quantitative estimate of drug-likeness (QED) is 0.792. The third kappa shape index (κ3) is 4.93. The molecule has 1 unspecified atom stereocenters. The van der Waals surface area contributed by atoms with E-state index in [0.717, 1.165) is 24.8 Å². The molecule has 1 atom stereocenters. The Balaban J connectivity index is 2.40. The third-order valence-electron chi connectivity index (χ3n) is 2.50. The van der Waals surface area contributed by atoms with Crippen molar-refractivity contribution in [3.8, 4) is 0 Å². The molecule has 1 aromatic rings. The van der Waals surface area contributed by atoms with Crippen molar-refractivity contribution in [1.29, 1.82) is 0 Å². The van der Waals surface area contributed by atoms with Crippen molar-refractivity contribution in [1.82, 2.24) is 0 Å². The van der Waals surface area contributed by atoms with Crippen LogP contribution in [-0.2, 0) is 6.42 Å². The SMILES string of the molecule is CC(C)CCC(N)Cc1cccc(F)c1. The van der Waals surface area contributed by atoms with Crippen molar-refractivity contribution >= 4 is 0 Å². The van der Waals surface area contributed by atoms with Crippen LogP contribution in [-0.4, -0.2) is 6.04 Å². The molecule has 0 heterocycles. The molecule has 0 aliphatic heterocycles. The second kappa shape index (κ2) is 5.86. The van der Waals surface area contributed by atoms with E-state index in [1.54, 1.807) is 12.1 Å². The van der Waals surface area contributed by atoms with Crippen LogP contribution in [0.15, 0.2) is 24.3 Å². The fourth-order valence-electron chi connectivity index (χ4n) is 1.62. The lowest BCUT2D eigenvalue weighted by molar-refractivity contribution is 0.494. The van der Waals surface area contributed by atoms with Gasteiger partial charge in [-0.1, -0.05) is 26.0 Å². The van der Waals surface area contributed by atoms with E-state index in [2.05, 4.69) is 13.8 Å². The number of hydrogen-bond donors (Lipinski definition) is 1. The average molecular weight is 209 g/mol. The Bertz CT molecular complexity index is 296. The highest BCUT2D eigenvalue weighted by Crippen LogP contribution is 2.11. The summed E-state index contributed by atoms with van der Waals surface area (Å²) in [5.74, 6) is 0.507. The summed E-state index contributed by atoms with van der Waals surface area (Å²) in [6.07, 6.45) is 2.91. The summed E-state index contributed by atoms with van der Waals surface area (Å²) < 4.78 is 12.9. The molecule has 0 radical (unpaired) electrons. The lowest BCUT2D eigenvalue weighted by atomic mass is 9.98. The molecule has 2 N–H and O–H groups in total. The molecule has 0 aliphatic carbocycles. The summed E-state index contributed by atoms with van der Waals surface area (Å²) in [5, 5.41) is 0. The largest absolute Gasteiger partial charge is 0.327 e. The molecule has 1 nitrogen and oxygen atoms in total. The average Bonchev–Trinajstić information content (AvgIpc) is 2.15. The third-order valence-corrected chi connectivity index (χ3v) is 2.50. The molecule has 1 rings (SSSR count). The Morgan fingerprint density at radius 2 is 2.00 bits per heavy atom. The Hall–Kier alpha value is -0.890. The van der Waals surface area contributed by atoms with Gasteiger partial charge in [0, 0.05) is 6.04 Å². The molecular formula is C13H20FN. The van der Waals surface area contributed by atoms with Crippen LogP contribution in [0.2, 0.25) is 0 Å². The van der Waals surface area contributed by atoms with E-state index in [9.17, 15) is 4.39 Å². The topological polar surface area (TPSA) is 26.0 Å². The lowest BCUT2D eigenvalue weighted by Crippen LogP contribution is -2.23. The normalized spacial score (nSPS) is 13.1. The zero-order valence-corrected chi connectivity index (χ0v) is 9.54. The van der Waals surface area contributed by atoms with Crippen molar-refractivity contribution < 1.29 is 4.39 Å². The highest BCUT2D eigenvalue weighted by Gasteiger charge is 2.05. The molecule has 0 aliphatic rings.